The van der Waals surface area contributed by atoms with Gasteiger partial charge in [0.15, 0.2) is 0 Å². The fraction of sp³-hybridized carbons (Fsp3) is 0.857. The highest BCUT2D eigenvalue weighted by Crippen LogP contribution is 1.90. The predicted molar refractivity (Wildman–Crippen MR) is 41.3 cm³/mol. The Labute approximate surface area is 66.3 Å². The molecular weight excluding hydrogens is 146 g/mol. The highest BCUT2D eigenvalue weighted by Gasteiger charge is 2.09. The SMILES string of the molecule is CCCOCCC(N)C(=O)O. The predicted octanol–water partition coefficient (Wildman–Crippen LogP) is 0.215. The van der Waals surface area contributed by atoms with Crippen LogP contribution in [0.15, 0.2) is 0 Å². The molecule has 0 radical (unpaired) electrons. The smallest absolute Gasteiger partial charge is 0.320 e. The van der Waals surface area contributed by atoms with Gasteiger partial charge in [0, 0.05) is 13.2 Å². The highest BCUT2D eigenvalue weighted by molar-refractivity contribution is 5.72. The van der Waals surface area contributed by atoms with Crippen LogP contribution in [0.4, 0.5) is 0 Å². The molecule has 4 heteroatoms. The minimum atomic E-state index is -0.968. The molecule has 66 valence electrons. The van der Waals surface area contributed by atoms with Gasteiger partial charge in [0.05, 0.1) is 0 Å². The molecule has 0 aromatic carbocycles. The molecule has 1 atom stereocenters. The number of carbonyl (C=O) groups is 1. The van der Waals surface area contributed by atoms with E-state index in [-0.39, 0.29) is 0 Å². The molecule has 0 aliphatic heterocycles. The lowest BCUT2D eigenvalue weighted by molar-refractivity contribution is -0.139. The van der Waals surface area contributed by atoms with E-state index in [9.17, 15) is 4.79 Å². The maximum atomic E-state index is 10.2. The number of carboxylic acid groups (broad SMARTS) is 1. The first-order valence-corrected chi connectivity index (χ1v) is 3.74. The van der Waals surface area contributed by atoms with E-state index in [1.54, 1.807) is 0 Å². The second kappa shape index (κ2) is 6.12. The Morgan fingerprint density at radius 2 is 2.27 bits per heavy atom. The third-order valence-electron chi connectivity index (χ3n) is 1.24. The zero-order chi connectivity index (χ0) is 8.69. The summed E-state index contributed by atoms with van der Waals surface area (Å²) in [6.45, 7) is 3.10. The maximum absolute atomic E-state index is 10.2. The highest BCUT2D eigenvalue weighted by atomic mass is 16.5. The van der Waals surface area contributed by atoms with Crippen LogP contribution < -0.4 is 5.73 Å². The van der Waals surface area contributed by atoms with Crippen LogP contribution in [-0.4, -0.2) is 30.3 Å². The lowest BCUT2D eigenvalue weighted by Gasteiger charge is -2.05. The van der Waals surface area contributed by atoms with Crippen LogP contribution in [0.5, 0.6) is 0 Å². The van der Waals surface area contributed by atoms with Crippen molar-refractivity contribution in [1.82, 2.24) is 0 Å². The fourth-order valence-electron chi connectivity index (χ4n) is 0.580. The monoisotopic (exact) mass is 161 g/mol. The molecule has 0 heterocycles. The number of hydrogen-bond donors (Lipinski definition) is 2. The molecule has 11 heavy (non-hydrogen) atoms. The van der Waals surface area contributed by atoms with Crippen LogP contribution in [0.25, 0.3) is 0 Å². The van der Waals surface area contributed by atoms with Crippen LogP contribution in [-0.2, 0) is 9.53 Å². The van der Waals surface area contributed by atoms with Crippen molar-refractivity contribution in [3.8, 4) is 0 Å². The lowest BCUT2D eigenvalue weighted by atomic mass is 10.2. The summed E-state index contributed by atoms with van der Waals surface area (Å²) in [6, 6.07) is -0.785. The first-order chi connectivity index (χ1) is 5.18. The van der Waals surface area contributed by atoms with Crippen molar-refractivity contribution < 1.29 is 14.6 Å². The number of carboxylic acids is 1. The normalized spacial score (nSPS) is 12.9. The Hall–Kier alpha value is -0.610. The van der Waals surface area contributed by atoms with E-state index in [0.29, 0.717) is 19.6 Å². The minimum Gasteiger partial charge on any atom is -0.480 e. The van der Waals surface area contributed by atoms with Gasteiger partial charge in [-0.2, -0.15) is 0 Å². The van der Waals surface area contributed by atoms with Crippen LogP contribution in [0.1, 0.15) is 19.8 Å². The van der Waals surface area contributed by atoms with E-state index in [1.807, 2.05) is 6.92 Å². The van der Waals surface area contributed by atoms with Crippen molar-refractivity contribution in [2.45, 2.75) is 25.8 Å². The Kier molecular flexibility index (Phi) is 5.78. The molecule has 4 nitrogen and oxygen atoms in total. The van der Waals surface area contributed by atoms with Crippen LogP contribution >= 0.6 is 0 Å². The van der Waals surface area contributed by atoms with Crippen molar-refractivity contribution in [3.63, 3.8) is 0 Å². The van der Waals surface area contributed by atoms with Gasteiger partial charge < -0.3 is 15.6 Å². The second-order valence-corrected chi connectivity index (χ2v) is 2.35. The topological polar surface area (TPSA) is 72.5 Å². The van der Waals surface area contributed by atoms with Crippen LogP contribution in [0.3, 0.4) is 0 Å². The summed E-state index contributed by atoms with van der Waals surface area (Å²) in [7, 11) is 0. The van der Waals surface area contributed by atoms with Gasteiger partial charge in [-0.3, -0.25) is 4.79 Å². The van der Waals surface area contributed by atoms with Crippen molar-refractivity contribution in [2.75, 3.05) is 13.2 Å². The molecule has 0 aliphatic carbocycles. The standard InChI is InChI=1S/C7H15NO3/c1-2-4-11-5-3-6(8)7(9)10/h6H,2-5,8H2,1H3,(H,9,10). The molecule has 0 amide bonds. The number of nitrogens with two attached hydrogens (primary N) is 1. The van der Waals surface area contributed by atoms with E-state index in [2.05, 4.69) is 0 Å². The Morgan fingerprint density at radius 1 is 1.64 bits per heavy atom. The average Bonchev–Trinajstić information content (AvgIpc) is 1.97. The van der Waals surface area contributed by atoms with Crippen molar-refractivity contribution in [2.24, 2.45) is 5.73 Å². The fourth-order valence-corrected chi connectivity index (χ4v) is 0.580. The van der Waals surface area contributed by atoms with Crippen molar-refractivity contribution in [3.05, 3.63) is 0 Å². The molecule has 0 spiro atoms. The molecule has 0 fully saturated rings. The van der Waals surface area contributed by atoms with E-state index < -0.39 is 12.0 Å². The second-order valence-electron chi connectivity index (χ2n) is 2.35. The lowest BCUT2D eigenvalue weighted by Crippen LogP contribution is -2.31. The average molecular weight is 161 g/mol. The molecule has 0 saturated heterocycles. The Balaban J connectivity index is 3.17. The third kappa shape index (κ3) is 5.82. The van der Waals surface area contributed by atoms with E-state index >= 15 is 0 Å². The minimum absolute atomic E-state index is 0.384. The van der Waals surface area contributed by atoms with Gasteiger partial charge >= 0.3 is 5.97 Å². The summed E-state index contributed by atoms with van der Waals surface area (Å²) in [6.07, 6.45) is 1.33. The molecule has 3 N–H and O–H groups in total. The van der Waals surface area contributed by atoms with E-state index in [0.717, 1.165) is 6.42 Å². The first-order valence-electron chi connectivity index (χ1n) is 3.74. The molecule has 0 saturated carbocycles. The van der Waals surface area contributed by atoms with Gasteiger partial charge in [-0.1, -0.05) is 6.92 Å². The van der Waals surface area contributed by atoms with Gasteiger partial charge in [-0.25, -0.2) is 0 Å². The first kappa shape index (κ1) is 10.4. The summed E-state index contributed by atoms with van der Waals surface area (Å²) in [5, 5.41) is 8.36. The number of hydrogen-bond acceptors (Lipinski definition) is 3. The Bertz CT molecular complexity index is 116. The summed E-state index contributed by atoms with van der Waals surface area (Å²) in [5.74, 6) is -0.968. The summed E-state index contributed by atoms with van der Waals surface area (Å²) >= 11 is 0. The third-order valence-corrected chi connectivity index (χ3v) is 1.24. The molecule has 0 aromatic rings. The van der Waals surface area contributed by atoms with Gasteiger partial charge in [0.1, 0.15) is 6.04 Å². The van der Waals surface area contributed by atoms with E-state index in [4.69, 9.17) is 15.6 Å². The summed E-state index contributed by atoms with van der Waals surface area (Å²) < 4.78 is 5.06. The summed E-state index contributed by atoms with van der Waals surface area (Å²) in [5.41, 5.74) is 5.22. The quantitative estimate of drug-likeness (QED) is 0.546. The molecule has 0 bridgehead atoms. The number of rotatable bonds is 6. The van der Waals surface area contributed by atoms with Gasteiger partial charge in [-0.05, 0) is 12.8 Å². The number of ether oxygens (including phenoxy) is 1. The molecule has 0 rings (SSSR count). The molecule has 0 aromatic heterocycles. The zero-order valence-electron chi connectivity index (χ0n) is 6.75. The Morgan fingerprint density at radius 3 is 2.73 bits per heavy atom. The summed E-state index contributed by atoms with van der Waals surface area (Å²) in [4.78, 5) is 10.2. The number of aliphatic carboxylic acids is 1. The van der Waals surface area contributed by atoms with Gasteiger partial charge in [0.2, 0.25) is 0 Å². The van der Waals surface area contributed by atoms with Crippen molar-refractivity contribution in [1.29, 1.82) is 0 Å². The molecule has 1 unspecified atom stereocenters. The zero-order valence-corrected chi connectivity index (χ0v) is 6.75. The van der Waals surface area contributed by atoms with Gasteiger partial charge in [-0.15, -0.1) is 0 Å². The molecule has 0 aliphatic rings. The van der Waals surface area contributed by atoms with Crippen molar-refractivity contribution >= 4 is 5.97 Å². The molecular formula is C7H15NO3. The van der Waals surface area contributed by atoms with Crippen LogP contribution in [0.2, 0.25) is 0 Å². The van der Waals surface area contributed by atoms with Crippen LogP contribution in [0, 0.1) is 0 Å². The maximum Gasteiger partial charge on any atom is 0.320 e. The largest absolute Gasteiger partial charge is 0.480 e. The van der Waals surface area contributed by atoms with E-state index in [1.165, 1.54) is 0 Å². The van der Waals surface area contributed by atoms with Gasteiger partial charge in [0.25, 0.3) is 0 Å².